The molecular formula is C13H15NO4. The van der Waals surface area contributed by atoms with Gasteiger partial charge in [-0.3, -0.25) is 4.79 Å². The number of hydrogen-bond acceptors (Lipinski definition) is 3. The Balaban J connectivity index is 2.02. The molecule has 5 heteroatoms. The molecule has 1 aliphatic heterocycles. The Bertz CT molecular complexity index is 452. The number of carboxylic acids is 1. The smallest absolute Gasteiger partial charge is 0.335 e. The summed E-state index contributed by atoms with van der Waals surface area (Å²) in [5.74, 6) is -1.27. The summed E-state index contributed by atoms with van der Waals surface area (Å²) >= 11 is 0. The monoisotopic (exact) mass is 249 g/mol. The molecule has 1 heterocycles. The number of anilines is 1. The summed E-state index contributed by atoms with van der Waals surface area (Å²) < 4.78 is 5.25. The van der Waals surface area contributed by atoms with Crippen LogP contribution in [-0.4, -0.2) is 30.2 Å². The fourth-order valence-electron chi connectivity index (χ4n) is 1.92. The van der Waals surface area contributed by atoms with E-state index in [1.807, 2.05) is 0 Å². The highest BCUT2D eigenvalue weighted by molar-refractivity contribution is 5.95. The number of aromatic carboxylic acids is 1. The number of carbonyl (C=O) groups excluding carboxylic acids is 1. The minimum atomic E-state index is -1.01. The lowest BCUT2D eigenvalue weighted by Crippen LogP contribution is -2.30. The molecule has 0 radical (unpaired) electrons. The number of carboxylic acid groups (broad SMARTS) is 1. The molecule has 1 unspecified atom stereocenters. The van der Waals surface area contributed by atoms with Crippen LogP contribution in [0.4, 0.5) is 5.69 Å². The minimum Gasteiger partial charge on any atom is -0.478 e. The van der Waals surface area contributed by atoms with Crippen LogP contribution < -0.4 is 5.32 Å². The summed E-state index contributed by atoms with van der Waals surface area (Å²) in [7, 11) is 0. The van der Waals surface area contributed by atoms with Gasteiger partial charge in [0.2, 0.25) is 5.91 Å². The normalized spacial score (nSPS) is 19.2. The summed E-state index contributed by atoms with van der Waals surface area (Å²) in [6, 6.07) is 6.22. The fraction of sp³-hybridized carbons (Fsp3) is 0.385. The summed E-state index contributed by atoms with van der Waals surface area (Å²) in [5, 5.41) is 11.6. The van der Waals surface area contributed by atoms with Crippen LogP contribution in [0.3, 0.4) is 0 Å². The Kier molecular flexibility index (Phi) is 3.94. The molecular weight excluding hydrogens is 234 g/mol. The molecule has 1 aromatic rings. The molecule has 0 bridgehead atoms. The highest BCUT2D eigenvalue weighted by Crippen LogP contribution is 2.17. The molecule has 18 heavy (non-hydrogen) atoms. The largest absolute Gasteiger partial charge is 0.478 e. The van der Waals surface area contributed by atoms with E-state index in [9.17, 15) is 9.59 Å². The van der Waals surface area contributed by atoms with Crippen LogP contribution in [0.2, 0.25) is 0 Å². The number of benzene rings is 1. The first-order valence-electron chi connectivity index (χ1n) is 5.89. The van der Waals surface area contributed by atoms with Gasteiger partial charge in [0.05, 0.1) is 18.1 Å². The van der Waals surface area contributed by atoms with Gasteiger partial charge < -0.3 is 15.2 Å². The zero-order valence-electron chi connectivity index (χ0n) is 9.89. The van der Waals surface area contributed by atoms with Crippen LogP contribution in [0.5, 0.6) is 0 Å². The van der Waals surface area contributed by atoms with Crippen molar-refractivity contribution in [3.8, 4) is 0 Å². The number of rotatable bonds is 3. The van der Waals surface area contributed by atoms with Crippen molar-refractivity contribution >= 4 is 17.6 Å². The Labute approximate surface area is 105 Å². The quantitative estimate of drug-likeness (QED) is 0.855. The van der Waals surface area contributed by atoms with E-state index in [0.29, 0.717) is 18.9 Å². The number of hydrogen-bond donors (Lipinski definition) is 2. The second-order valence-electron chi connectivity index (χ2n) is 4.29. The Hall–Kier alpha value is -1.88. The maximum absolute atomic E-state index is 11.9. The number of ether oxygens (including phenoxy) is 1. The van der Waals surface area contributed by atoms with E-state index in [4.69, 9.17) is 9.84 Å². The predicted octanol–water partition coefficient (Wildman–Crippen LogP) is 1.75. The molecule has 5 nitrogen and oxygen atoms in total. The standard InChI is InChI=1S/C13H15NO4/c15-12(10-4-2-6-18-8-10)14-11-5-1-3-9(7-11)13(16)17/h1,3,5,7,10H,2,4,6,8H2,(H,14,15)(H,16,17). The van der Waals surface area contributed by atoms with Crippen molar-refractivity contribution < 1.29 is 19.4 Å². The summed E-state index contributed by atoms with van der Waals surface area (Å²) in [6.07, 6.45) is 1.69. The molecule has 0 aliphatic carbocycles. The van der Waals surface area contributed by atoms with Crippen molar-refractivity contribution in [1.29, 1.82) is 0 Å². The van der Waals surface area contributed by atoms with Crippen LogP contribution in [0.1, 0.15) is 23.2 Å². The Morgan fingerprint density at radius 2 is 2.22 bits per heavy atom. The minimum absolute atomic E-state index is 0.114. The molecule has 0 aromatic heterocycles. The van der Waals surface area contributed by atoms with Gasteiger partial charge in [-0.15, -0.1) is 0 Å². The first-order valence-corrected chi connectivity index (χ1v) is 5.89. The van der Waals surface area contributed by atoms with Gasteiger partial charge in [0.15, 0.2) is 0 Å². The van der Waals surface area contributed by atoms with Gasteiger partial charge in [0.25, 0.3) is 0 Å². The molecule has 2 rings (SSSR count). The van der Waals surface area contributed by atoms with Crippen molar-refractivity contribution in [2.45, 2.75) is 12.8 Å². The number of nitrogens with one attached hydrogen (secondary N) is 1. The van der Waals surface area contributed by atoms with Gasteiger partial charge in [-0.1, -0.05) is 6.07 Å². The van der Waals surface area contributed by atoms with Gasteiger partial charge >= 0.3 is 5.97 Å². The first-order chi connectivity index (χ1) is 8.66. The van der Waals surface area contributed by atoms with Gasteiger partial charge in [-0.2, -0.15) is 0 Å². The van der Waals surface area contributed by atoms with E-state index in [1.165, 1.54) is 12.1 Å². The molecule has 2 N–H and O–H groups in total. The van der Waals surface area contributed by atoms with Gasteiger partial charge in [0, 0.05) is 12.3 Å². The maximum Gasteiger partial charge on any atom is 0.335 e. The van der Waals surface area contributed by atoms with E-state index >= 15 is 0 Å². The number of amides is 1. The lowest BCUT2D eigenvalue weighted by molar-refractivity contribution is -0.123. The zero-order chi connectivity index (χ0) is 13.0. The van der Waals surface area contributed by atoms with E-state index in [-0.39, 0.29) is 17.4 Å². The third kappa shape index (κ3) is 3.07. The van der Waals surface area contributed by atoms with Crippen molar-refractivity contribution in [3.05, 3.63) is 29.8 Å². The van der Waals surface area contributed by atoms with Crippen LogP contribution in [0.15, 0.2) is 24.3 Å². The van der Waals surface area contributed by atoms with Crippen molar-refractivity contribution in [1.82, 2.24) is 0 Å². The fourth-order valence-corrected chi connectivity index (χ4v) is 1.92. The molecule has 1 fully saturated rings. The lowest BCUT2D eigenvalue weighted by atomic mass is 10.0. The highest BCUT2D eigenvalue weighted by atomic mass is 16.5. The third-order valence-corrected chi connectivity index (χ3v) is 2.91. The molecule has 1 aliphatic rings. The van der Waals surface area contributed by atoms with Crippen molar-refractivity contribution in [2.24, 2.45) is 5.92 Å². The van der Waals surface area contributed by atoms with Crippen molar-refractivity contribution in [3.63, 3.8) is 0 Å². The number of carbonyl (C=O) groups is 2. The summed E-state index contributed by atoms with van der Waals surface area (Å²) in [4.78, 5) is 22.7. The van der Waals surface area contributed by atoms with E-state index in [2.05, 4.69) is 5.32 Å². The van der Waals surface area contributed by atoms with Crippen LogP contribution in [0, 0.1) is 5.92 Å². The average molecular weight is 249 g/mol. The van der Waals surface area contributed by atoms with E-state index in [1.54, 1.807) is 12.1 Å². The maximum atomic E-state index is 11.9. The Morgan fingerprint density at radius 1 is 1.39 bits per heavy atom. The zero-order valence-corrected chi connectivity index (χ0v) is 9.89. The predicted molar refractivity (Wildman–Crippen MR) is 65.6 cm³/mol. The summed E-state index contributed by atoms with van der Waals surface area (Å²) in [5.41, 5.74) is 0.665. The topological polar surface area (TPSA) is 75.6 Å². The SMILES string of the molecule is O=C(O)c1cccc(NC(=O)C2CCCOC2)c1. The molecule has 96 valence electrons. The second kappa shape index (κ2) is 5.64. The lowest BCUT2D eigenvalue weighted by Gasteiger charge is -2.21. The first kappa shape index (κ1) is 12.6. The third-order valence-electron chi connectivity index (χ3n) is 2.91. The average Bonchev–Trinajstić information content (AvgIpc) is 2.40. The van der Waals surface area contributed by atoms with Gasteiger partial charge in [-0.25, -0.2) is 4.79 Å². The molecule has 1 aromatic carbocycles. The van der Waals surface area contributed by atoms with Crippen molar-refractivity contribution in [2.75, 3.05) is 18.5 Å². The highest BCUT2D eigenvalue weighted by Gasteiger charge is 2.21. The molecule has 0 saturated carbocycles. The van der Waals surface area contributed by atoms with Gasteiger partial charge in [0.1, 0.15) is 0 Å². The van der Waals surface area contributed by atoms with Crippen LogP contribution in [-0.2, 0) is 9.53 Å². The summed E-state index contributed by atoms with van der Waals surface area (Å²) in [6.45, 7) is 1.14. The second-order valence-corrected chi connectivity index (χ2v) is 4.29. The molecule has 1 amide bonds. The van der Waals surface area contributed by atoms with E-state index < -0.39 is 5.97 Å². The van der Waals surface area contributed by atoms with E-state index in [0.717, 1.165) is 12.8 Å². The molecule has 1 saturated heterocycles. The Morgan fingerprint density at radius 3 is 2.89 bits per heavy atom. The van der Waals surface area contributed by atoms with Crippen LogP contribution >= 0.6 is 0 Å². The molecule has 1 atom stereocenters. The van der Waals surface area contributed by atoms with Gasteiger partial charge in [-0.05, 0) is 31.0 Å². The van der Waals surface area contributed by atoms with Crippen LogP contribution in [0.25, 0.3) is 0 Å². The molecule has 0 spiro atoms.